The first-order valence-electron chi connectivity index (χ1n) is 5.09. The van der Waals surface area contributed by atoms with E-state index in [1.54, 1.807) is 14.0 Å². The molecule has 2 N–H and O–H groups in total. The summed E-state index contributed by atoms with van der Waals surface area (Å²) in [6.07, 6.45) is 0.537. The zero-order valence-corrected chi connectivity index (χ0v) is 9.01. The predicted molar refractivity (Wildman–Crippen MR) is 53.2 cm³/mol. The molecule has 5 heteroatoms. The summed E-state index contributed by atoms with van der Waals surface area (Å²) in [6.45, 7) is 2.13. The van der Waals surface area contributed by atoms with Gasteiger partial charge in [0.2, 0.25) is 5.91 Å². The number of carbonyl (C=O) groups excluding carboxylic acids is 1. The first-order valence-corrected chi connectivity index (χ1v) is 5.09. The molecule has 0 spiro atoms. The number of aliphatic hydroxyl groups excluding tert-OH is 1. The van der Waals surface area contributed by atoms with Crippen molar-refractivity contribution in [3.05, 3.63) is 0 Å². The van der Waals surface area contributed by atoms with E-state index in [2.05, 4.69) is 0 Å². The molecule has 0 radical (unpaired) electrons. The van der Waals surface area contributed by atoms with Gasteiger partial charge in [-0.3, -0.25) is 9.59 Å². The first-order chi connectivity index (χ1) is 6.93. The zero-order chi connectivity index (χ0) is 11.6. The molecule has 1 unspecified atom stereocenters. The van der Waals surface area contributed by atoms with Gasteiger partial charge >= 0.3 is 5.97 Å². The molecule has 0 aromatic carbocycles. The molecule has 1 aliphatic carbocycles. The van der Waals surface area contributed by atoms with E-state index in [9.17, 15) is 9.59 Å². The van der Waals surface area contributed by atoms with E-state index in [1.807, 2.05) is 0 Å². The molecule has 0 aromatic heterocycles. The Morgan fingerprint density at radius 2 is 2.07 bits per heavy atom. The summed E-state index contributed by atoms with van der Waals surface area (Å²) < 4.78 is 0. The normalized spacial score (nSPS) is 25.8. The molecule has 0 heterocycles. The molecule has 1 aliphatic rings. The third-order valence-corrected chi connectivity index (χ3v) is 2.68. The fourth-order valence-electron chi connectivity index (χ4n) is 1.51. The summed E-state index contributed by atoms with van der Waals surface area (Å²) >= 11 is 0. The quantitative estimate of drug-likeness (QED) is 0.673. The maximum atomic E-state index is 11.6. The molecular weight excluding hydrogens is 198 g/mol. The molecule has 0 bridgehead atoms. The lowest BCUT2D eigenvalue weighted by Gasteiger charge is -2.17. The summed E-state index contributed by atoms with van der Waals surface area (Å²) in [5.41, 5.74) is 0. The number of rotatable bonds is 5. The molecule has 5 nitrogen and oxygen atoms in total. The Kier molecular flexibility index (Phi) is 3.68. The molecule has 86 valence electrons. The van der Waals surface area contributed by atoms with E-state index in [0.29, 0.717) is 19.4 Å². The van der Waals surface area contributed by atoms with E-state index in [4.69, 9.17) is 10.2 Å². The van der Waals surface area contributed by atoms with Crippen LogP contribution in [0.3, 0.4) is 0 Å². The molecule has 0 saturated heterocycles. The summed E-state index contributed by atoms with van der Waals surface area (Å²) in [4.78, 5) is 23.7. The molecule has 1 rings (SSSR count). The molecule has 3 atom stereocenters. The minimum Gasteiger partial charge on any atom is -0.481 e. The maximum Gasteiger partial charge on any atom is 0.307 e. The Bertz CT molecular complexity index is 264. The van der Waals surface area contributed by atoms with Crippen LogP contribution in [0, 0.1) is 11.8 Å². The number of carbonyl (C=O) groups is 2. The van der Waals surface area contributed by atoms with Crippen LogP contribution in [0.25, 0.3) is 0 Å². The Morgan fingerprint density at radius 1 is 1.47 bits per heavy atom. The smallest absolute Gasteiger partial charge is 0.307 e. The van der Waals surface area contributed by atoms with Crippen LogP contribution in [-0.2, 0) is 9.59 Å². The van der Waals surface area contributed by atoms with E-state index in [-0.39, 0.29) is 11.8 Å². The van der Waals surface area contributed by atoms with Crippen molar-refractivity contribution >= 4 is 11.9 Å². The minimum absolute atomic E-state index is 0.122. The summed E-state index contributed by atoms with van der Waals surface area (Å²) in [5, 5.41) is 17.7. The van der Waals surface area contributed by atoms with E-state index in [0.717, 1.165) is 0 Å². The number of carboxylic acids is 1. The number of aliphatic hydroxyl groups is 1. The van der Waals surface area contributed by atoms with Gasteiger partial charge in [-0.1, -0.05) is 0 Å². The van der Waals surface area contributed by atoms with Crippen LogP contribution in [0.2, 0.25) is 0 Å². The monoisotopic (exact) mass is 215 g/mol. The second-order valence-corrected chi connectivity index (χ2v) is 4.18. The van der Waals surface area contributed by atoms with Crippen molar-refractivity contribution in [3.63, 3.8) is 0 Å². The van der Waals surface area contributed by atoms with Crippen LogP contribution < -0.4 is 0 Å². The third kappa shape index (κ3) is 3.20. The van der Waals surface area contributed by atoms with Crippen LogP contribution in [0.15, 0.2) is 0 Å². The van der Waals surface area contributed by atoms with Crippen molar-refractivity contribution in [2.45, 2.75) is 25.9 Å². The Balaban J connectivity index is 2.32. The third-order valence-electron chi connectivity index (χ3n) is 2.68. The van der Waals surface area contributed by atoms with Crippen LogP contribution in [0.4, 0.5) is 0 Å². The number of amides is 1. The lowest BCUT2D eigenvalue weighted by atomic mass is 10.2. The van der Waals surface area contributed by atoms with Crippen molar-refractivity contribution in [2.24, 2.45) is 11.8 Å². The number of nitrogens with zero attached hydrogens (tertiary/aromatic N) is 1. The molecular formula is C10H17NO4. The summed E-state index contributed by atoms with van der Waals surface area (Å²) in [5.74, 6) is -1.85. The summed E-state index contributed by atoms with van der Waals surface area (Å²) in [6, 6.07) is 0. The zero-order valence-electron chi connectivity index (χ0n) is 9.01. The van der Waals surface area contributed by atoms with Gasteiger partial charge in [0.1, 0.15) is 0 Å². The van der Waals surface area contributed by atoms with Gasteiger partial charge in [0.25, 0.3) is 0 Å². The van der Waals surface area contributed by atoms with Gasteiger partial charge in [0.15, 0.2) is 0 Å². The van der Waals surface area contributed by atoms with Crippen molar-refractivity contribution in [1.82, 2.24) is 4.90 Å². The molecule has 0 aliphatic heterocycles. The standard InChI is InChI=1S/C10H17NO4/c1-6(12)3-4-11(2)9(13)7-5-8(7)10(14)15/h6-8,12H,3-5H2,1-2H3,(H,14,15)/t6?,7-,8+/m1/s1. The highest BCUT2D eigenvalue weighted by Gasteiger charge is 2.49. The Hall–Kier alpha value is -1.10. The largest absolute Gasteiger partial charge is 0.481 e. The minimum atomic E-state index is -0.891. The Morgan fingerprint density at radius 3 is 2.47 bits per heavy atom. The molecule has 1 amide bonds. The number of aliphatic carboxylic acids is 1. The topological polar surface area (TPSA) is 77.8 Å². The molecule has 15 heavy (non-hydrogen) atoms. The van der Waals surface area contributed by atoms with Gasteiger partial charge in [-0.15, -0.1) is 0 Å². The van der Waals surface area contributed by atoms with Gasteiger partial charge < -0.3 is 15.1 Å². The van der Waals surface area contributed by atoms with Gasteiger partial charge in [-0.25, -0.2) is 0 Å². The average molecular weight is 215 g/mol. The lowest BCUT2D eigenvalue weighted by Crippen LogP contribution is -2.31. The fraction of sp³-hybridized carbons (Fsp3) is 0.800. The SMILES string of the molecule is CC(O)CCN(C)C(=O)[C@@H]1C[C@@H]1C(=O)O. The van der Waals surface area contributed by atoms with Gasteiger partial charge in [-0.2, -0.15) is 0 Å². The maximum absolute atomic E-state index is 11.6. The van der Waals surface area contributed by atoms with Crippen LogP contribution in [-0.4, -0.2) is 46.7 Å². The fourth-order valence-corrected chi connectivity index (χ4v) is 1.51. The van der Waals surface area contributed by atoms with Crippen LogP contribution in [0.1, 0.15) is 19.8 Å². The van der Waals surface area contributed by atoms with Crippen molar-refractivity contribution in [3.8, 4) is 0 Å². The highest BCUT2D eigenvalue weighted by atomic mass is 16.4. The number of hydrogen-bond acceptors (Lipinski definition) is 3. The van der Waals surface area contributed by atoms with Gasteiger partial charge in [0.05, 0.1) is 17.9 Å². The van der Waals surface area contributed by atoms with E-state index < -0.39 is 18.0 Å². The number of carboxylic acid groups (broad SMARTS) is 1. The Labute approximate surface area is 88.7 Å². The highest BCUT2D eigenvalue weighted by molar-refractivity contribution is 5.89. The van der Waals surface area contributed by atoms with Gasteiger partial charge in [0, 0.05) is 13.6 Å². The van der Waals surface area contributed by atoms with E-state index >= 15 is 0 Å². The van der Waals surface area contributed by atoms with Crippen molar-refractivity contribution in [2.75, 3.05) is 13.6 Å². The van der Waals surface area contributed by atoms with Gasteiger partial charge in [-0.05, 0) is 19.8 Å². The van der Waals surface area contributed by atoms with E-state index in [1.165, 1.54) is 4.90 Å². The predicted octanol–water partition coefficient (Wildman–Crippen LogP) is -0.0636. The van der Waals surface area contributed by atoms with Crippen LogP contribution in [0.5, 0.6) is 0 Å². The van der Waals surface area contributed by atoms with Crippen molar-refractivity contribution in [1.29, 1.82) is 0 Å². The average Bonchev–Trinajstić information content (AvgIpc) is 2.92. The molecule has 1 fully saturated rings. The highest BCUT2D eigenvalue weighted by Crippen LogP contribution is 2.39. The second-order valence-electron chi connectivity index (χ2n) is 4.18. The lowest BCUT2D eigenvalue weighted by molar-refractivity contribution is -0.141. The first kappa shape index (κ1) is 12.0. The number of hydrogen-bond donors (Lipinski definition) is 2. The van der Waals surface area contributed by atoms with Crippen LogP contribution >= 0.6 is 0 Å². The molecule has 1 saturated carbocycles. The molecule has 0 aromatic rings. The van der Waals surface area contributed by atoms with Crippen molar-refractivity contribution < 1.29 is 19.8 Å². The summed E-state index contributed by atoms with van der Waals surface area (Å²) in [7, 11) is 1.64. The second kappa shape index (κ2) is 4.61.